The van der Waals surface area contributed by atoms with Gasteiger partial charge in [-0.3, -0.25) is 0 Å². The first kappa shape index (κ1) is 16.5. The number of hydrogen-bond donors (Lipinski definition) is 0. The van der Waals surface area contributed by atoms with Crippen molar-refractivity contribution in [3.63, 3.8) is 0 Å². The fourth-order valence-electron chi connectivity index (χ4n) is 1.84. The predicted molar refractivity (Wildman–Crippen MR) is 85.9 cm³/mol. The summed E-state index contributed by atoms with van der Waals surface area (Å²) >= 11 is 0. The van der Waals surface area contributed by atoms with Crippen molar-refractivity contribution in [1.82, 2.24) is 0 Å². The van der Waals surface area contributed by atoms with Crippen molar-refractivity contribution in [2.45, 2.75) is 23.6 Å². The summed E-state index contributed by atoms with van der Waals surface area (Å²) in [6.07, 6.45) is 0. The summed E-state index contributed by atoms with van der Waals surface area (Å²) in [4.78, 5) is -0.169. The molecule has 116 valence electrons. The Balaban J connectivity index is 2.50. The van der Waals surface area contributed by atoms with Crippen molar-refractivity contribution in [1.29, 1.82) is 0 Å². The van der Waals surface area contributed by atoms with Gasteiger partial charge in [0, 0.05) is 0 Å². The van der Waals surface area contributed by atoms with E-state index in [0.29, 0.717) is 0 Å². The summed E-state index contributed by atoms with van der Waals surface area (Å²) in [7, 11) is -8.31. The summed E-state index contributed by atoms with van der Waals surface area (Å²) in [5.41, 5.74) is 1.76. The van der Waals surface area contributed by atoms with Crippen LogP contribution in [0, 0.1) is 13.8 Å². The third-order valence-electron chi connectivity index (χ3n) is 3.26. The maximum Gasteiger partial charge on any atom is 0.217 e. The molecule has 0 radical (unpaired) electrons. The molecule has 0 unspecified atom stereocenters. The normalized spacial score (nSPS) is 12.1. The van der Waals surface area contributed by atoms with Crippen molar-refractivity contribution in [2.75, 3.05) is 0 Å². The number of benzene rings is 2. The van der Waals surface area contributed by atoms with E-state index in [9.17, 15) is 16.8 Å². The van der Waals surface area contributed by atoms with Crippen molar-refractivity contribution >= 4 is 19.7 Å². The van der Waals surface area contributed by atoms with Gasteiger partial charge in [0.1, 0.15) is 0 Å². The van der Waals surface area contributed by atoms with E-state index < -0.39 is 23.9 Å². The van der Waals surface area contributed by atoms with Crippen LogP contribution in [0.25, 0.3) is 0 Å². The number of sulfone groups is 2. The molecule has 0 heterocycles. The summed E-state index contributed by atoms with van der Waals surface area (Å²) < 4.78 is 49.0. The highest BCUT2D eigenvalue weighted by Crippen LogP contribution is 2.27. The van der Waals surface area contributed by atoms with Crippen molar-refractivity contribution < 1.29 is 16.8 Å². The van der Waals surface area contributed by atoms with Crippen LogP contribution in [0.5, 0.6) is 0 Å². The molecule has 4 nitrogen and oxygen atoms in total. The molecule has 0 aliphatic rings. The lowest BCUT2D eigenvalue weighted by Crippen LogP contribution is -2.14. The first-order chi connectivity index (χ1) is 10.2. The van der Waals surface area contributed by atoms with Gasteiger partial charge in [-0.2, -0.15) is 0 Å². The van der Waals surface area contributed by atoms with Gasteiger partial charge < -0.3 is 0 Å². The molecule has 2 aromatic carbocycles. The molecule has 0 amide bonds. The molecular formula is C16H16O4S2. The fraction of sp³-hybridized carbons (Fsp3) is 0.125. The summed E-state index contributed by atoms with van der Waals surface area (Å²) in [5.74, 6) is 0. The zero-order chi connectivity index (χ0) is 16.5. The van der Waals surface area contributed by atoms with E-state index in [4.69, 9.17) is 0 Å². The molecule has 2 rings (SSSR count). The highest BCUT2D eigenvalue weighted by Gasteiger charge is 2.31. The number of hydrogen-bond acceptors (Lipinski definition) is 4. The Hall–Kier alpha value is -1.92. The Morgan fingerprint density at radius 2 is 0.955 bits per heavy atom. The van der Waals surface area contributed by atoms with Gasteiger partial charge >= 0.3 is 0 Å². The van der Waals surface area contributed by atoms with Gasteiger partial charge in [0.2, 0.25) is 19.7 Å². The van der Waals surface area contributed by atoms with Crippen LogP contribution in [-0.2, 0) is 19.7 Å². The number of rotatable bonds is 4. The minimum atomic E-state index is -4.15. The average molecular weight is 336 g/mol. The average Bonchev–Trinajstić information content (AvgIpc) is 2.47. The topological polar surface area (TPSA) is 68.3 Å². The quantitative estimate of drug-likeness (QED) is 0.860. The van der Waals surface area contributed by atoms with Gasteiger partial charge in [0.25, 0.3) is 0 Å². The van der Waals surface area contributed by atoms with Gasteiger partial charge in [-0.25, -0.2) is 16.8 Å². The highest BCUT2D eigenvalue weighted by atomic mass is 32.3. The van der Waals surface area contributed by atoms with E-state index in [1.54, 1.807) is 24.3 Å². The monoisotopic (exact) mass is 336 g/mol. The minimum Gasteiger partial charge on any atom is -0.218 e. The molecule has 2 aromatic rings. The second-order valence-electron chi connectivity index (χ2n) is 5.00. The van der Waals surface area contributed by atoms with Gasteiger partial charge in [0.05, 0.1) is 9.79 Å². The Morgan fingerprint density at radius 3 is 1.23 bits per heavy atom. The van der Waals surface area contributed by atoms with E-state index in [-0.39, 0.29) is 9.79 Å². The molecule has 0 spiro atoms. The highest BCUT2D eigenvalue weighted by molar-refractivity contribution is 8.14. The van der Waals surface area contributed by atoms with Gasteiger partial charge in [-0.1, -0.05) is 42.0 Å². The molecule has 0 aliphatic heterocycles. The lowest BCUT2D eigenvalue weighted by atomic mass is 10.2. The molecule has 0 aromatic heterocycles. The minimum absolute atomic E-state index is 0.0845. The van der Waals surface area contributed by atoms with Gasteiger partial charge in [-0.15, -0.1) is 0 Å². The smallest absolute Gasteiger partial charge is 0.217 e. The maximum atomic E-state index is 12.5. The van der Waals surface area contributed by atoms with Crippen LogP contribution in [0.2, 0.25) is 0 Å². The SMILES string of the molecule is C=C(S(=O)(=O)c1ccc(C)cc1)S(=O)(=O)c1ccc(C)cc1. The Labute approximate surface area is 131 Å². The maximum absolute atomic E-state index is 12.5. The van der Waals surface area contributed by atoms with Crippen molar-refractivity contribution in [2.24, 2.45) is 0 Å². The van der Waals surface area contributed by atoms with Crippen LogP contribution in [0.3, 0.4) is 0 Å². The van der Waals surface area contributed by atoms with E-state index in [2.05, 4.69) is 6.58 Å². The molecule has 6 heteroatoms. The van der Waals surface area contributed by atoms with E-state index in [1.807, 2.05) is 13.8 Å². The number of aryl methyl sites for hydroxylation is 2. The molecule has 0 aliphatic carbocycles. The third-order valence-corrected chi connectivity index (χ3v) is 7.56. The van der Waals surface area contributed by atoms with Crippen LogP contribution in [0.15, 0.2) is 69.1 Å². The van der Waals surface area contributed by atoms with Gasteiger partial charge in [0.15, 0.2) is 4.24 Å². The zero-order valence-corrected chi connectivity index (χ0v) is 13.9. The largest absolute Gasteiger partial charge is 0.218 e. The zero-order valence-electron chi connectivity index (χ0n) is 12.3. The molecule has 22 heavy (non-hydrogen) atoms. The van der Waals surface area contributed by atoms with Crippen molar-refractivity contribution in [3.8, 4) is 0 Å². The molecule has 0 atom stereocenters. The Kier molecular flexibility index (Phi) is 4.26. The standard InChI is InChI=1S/C16H16O4S2/c1-12-4-8-15(9-5-12)21(17,18)14(3)22(19,20)16-10-6-13(2)7-11-16/h4-11H,3H2,1-2H3. The Bertz CT molecular complexity index is 828. The van der Waals surface area contributed by atoms with E-state index in [0.717, 1.165) is 11.1 Å². The van der Waals surface area contributed by atoms with Crippen LogP contribution in [-0.4, -0.2) is 16.8 Å². The molecule has 0 saturated carbocycles. The molecule has 0 N–H and O–H groups in total. The Morgan fingerprint density at radius 1 is 0.682 bits per heavy atom. The van der Waals surface area contributed by atoms with Crippen LogP contribution in [0.4, 0.5) is 0 Å². The molecule has 0 fully saturated rings. The van der Waals surface area contributed by atoms with E-state index >= 15 is 0 Å². The first-order valence-electron chi connectivity index (χ1n) is 6.48. The second-order valence-corrected chi connectivity index (χ2v) is 9.21. The third kappa shape index (κ3) is 2.98. The lowest BCUT2D eigenvalue weighted by Gasteiger charge is -2.09. The van der Waals surface area contributed by atoms with E-state index in [1.165, 1.54) is 24.3 Å². The fourth-order valence-corrected chi connectivity index (χ4v) is 5.09. The summed E-state index contributed by atoms with van der Waals surface area (Å²) in [6, 6.07) is 11.9. The molecule has 0 saturated heterocycles. The first-order valence-corrected chi connectivity index (χ1v) is 9.45. The van der Waals surface area contributed by atoms with Gasteiger partial charge in [-0.05, 0) is 38.1 Å². The van der Waals surface area contributed by atoms with Crippen LogP contribution >= 0.6 is 0 Å². The lowest BCUT2D eigenvalue weighted by molar-refractivity contribution is 0.595. The predicted octanol–water partition coefficient (Wildman–Crippen LogP) is 3.02. The summed E-state index contributed by atoms with van der Waals surface area (Å²) in [6.45, 7) is 6.95. The van der Waals surface area contributed by atoms with Crippen LogP contribution in [0.1, 0.15) is 11.1 Å². The second kappa shape index (κ2) is 5.70. The molecule has 0 bridgehead atoms. The van der Waals surface area contributed by atoms with Crippen LogP contribution < -0.4 is 0 Å². The summed E-state index contributed by atoms with van der Waals surface area (Å²) in [5, 5.41) is 0. The van der Waals surface area contributed by atoms with Crippen molar-refractivity contribution in [3.05, 3.63) is 70.5 Å². The molecular weight excluding hydrogens is 320 g/mol.